The third-order valence-electron chi connectivity index (χ3n) is 3.40. The maximum Gasteiger partial charge on any atom is 0.242 e. The predicted molar refractivity (Wildman–Crippen MR) is 98.9 cm³/mol. The Morgan fingerprint density at radius 3 is 2.78 bits per heavy atom. The number of aliphatic imine (C=N–C) groups is 1. The molecule has 1 fully saturated rings. The van der Waals surface area contributed by atoms with Crippen LogP contribution in [0.25, 0.3) is 0 Å². The second kappa shape index (κ2) is 7.97. The molecule has 0 bridgehead atoms. The zero-order chi connectivity index (χ0) is 17.0. The Kier molecular flexibility index (Phi) is 6.24. The van der Waals surface area contributed by atoms with Crippen molar-refractivity contribution >= 4 is 50.4 Å². The van der Waals surface area contributed by atoms with Crippen molar-refractivity contribution in [1.82, 2.24) is 4.90 Å². The fourth-order valence-corrected chi connectivity index (χ4v) is 4.14. The molecule has 0 aliphatic carbocycles. The molecule has 1 atom stereocenters. The smallest absolute Gasteiger partial charge is 0.242 e. The van der Waals surface area contributed by atoms with Crippen molar-refractivity contribution in [1.29, 1.82) is 0 Å². The fraction of sp³-hybridized carbons (Fsp3) is 0.438. The number of anilines is 1. The highest BCUT2D eigenvalue weighted by Crippen LogP contribution is 2.30. The van der Waals surface area contributed by atoms with E-state index in [-0.39, 0.29) is 18.2 Å². The monoisotopic (exact) mass is 397 g/mol. The minimum absolute atomic E-state index is 0.0391. The van der Waals surface area contributed by atoms with Crippen LogP contribution in [0.15, 0.2) is 27.7 Å². The van der Waals surface area contributed by atoms with Crippen LogP contribution in [0.1, 0.15) is 25.8 Å². The van der Waals surface area contributed by atoms with Crippen LogP contribution < -0.4 is 5.32 Å². The van der Waals surface area contributed by atoms with E-state index < -0.39 is 5.25 Å². The van der Waals surface area contributed by atoms with Crippen LogP contribution in [-0.2, 0) is 9.59 Å². The average Bonchev–Trinajstić information content (AvgIpc) is 2.78. The predicted octanol–water partition coefficient (Wildman–Crippen LogP) is 3.43. The number of halogens is 1. The molecule has 0 unspecified atom stereocenters. The third-order valence-corrected chi connectivity index (χ3v) is 5.27. The first-order valence-electron chi connectivity index (χ1n) is 7.54. The molecule has 5 nitrogen and oxygen atoms in total. The van der Waals surface area contributed by atoms with Gasteiger partial charge in [0.1, 0.15) is 5.25 Å². The molecule has 1 aromatic rings. The molecule has 1 heterocycles. The molecular formula is C16H20BrN3O2S. The quantitative estimate of drug-likeness (QED) is 0.827. The summed E-state index contributed by atoms with van der Waals surface area (Å²) in [5, 5.41) is 3.17. The minimum atomic E-state index is -0.399. The zero-order valence-electron chi connectivity index (χ0n) is 13.4. The molecule has 1 aliphatic rings. The molecular weight excluding hydrogens is 378 g/mol. The number of carbonyl (C=O) groups is 2. The van der Waals surface area contributed by atoms with Crippen LogP contribution in [-0.4, -0.2) is 40.2 Å². The summed E-state index contributed by atoms with van der Waals surface area (Å²) < 4.78 is 0.833. The number of benzene rings is 1. The first-order chi connectivity index (χ1) is 11.0. The Morgan fingerprint density at radius 2 is 2.17 bits per heavy atom. The molecule has 2 rings (SSSR count). The van der Waals surface area contributed by atoms with Crippen LogP contribution in [0.3, 0.4) is 0 Å². The number of nitrogens with zero attached hydrogens (tertiary/aromatic N) is 2. The van der Waals surface area contributed by atoms with Gasteiger partial charge < -0.3 is 5.32 Å². The van der Waals surface area contributed by atoms with Gasteiger partial charge in [-0.3, -0.25) is 19.5 Å². The summed E-state index contributed by atoms with van der Waals surface area (Å²) in [6.07, 6.45) is 0.142. The Labute approximate surface area is 149 Å². The van der Waals surface area contributed by atoms with Crippen molar-refractivity contribution in [2.24, 2.45) is 4.99 Å². The normalized spacial score (nSPS) is 19.5. The first-order valence-corrected chi connectivity index (χ1v) is 9.22. The van der Waals surface area contributed by atoms with Gasteiger partial charge in [-0.1, -0.05) is 17.8 Å². The van der Waals surface area contributed by atoms with E-state index in [1.54, 1.807) is 4.90 Å². The molecule has 124 valence electrons. The van der Waals surface area contributed by atoms with Gasteiger partial charge in [-0.15, -0.1) is 0 Å². The molecule has 23 heavy (non-hydrogen) atoms. The Balaban J connectivity index is 2.03. The first kappa shape index (κ1) is 18.0. The van der Waals surface area contributed by atoms with E-state index in [1.165, 1.54) is 11.8 Å². The number of hydrogen-bond donors (Lipinski definition) is 1. The number of hydrogen-bond acceptors (Lipinski definition) is 4. The topological polar surface area (TPSA) is 61.8 Å². The number of nitrogens with one attached hydrogen (secondary N) is 1. The molecule has 1 aliphatic heterocycles. The largest absolute Gasteiger partial charge is 0.325 e. The number of thioether (sulfide) groups is 1. The molecule has 2 amide bonds. The van der Waals surface area contributed by atoms with Crippen LogP contribution in [0.2, 0.25) is 0 Å². The van der Waals surface area contributed by atoms with Gasteiger partial charge in [0, 0.05) is 24.0 Å². The average molecular weight is 398 g/mol. The van der Waals surface area contributed by atoms with Crippen LogP contribution in [0.5, 0.6) is 0 Å². The van der Waals surface area contributed by atoms with Gasteiger partial charge in [0.2, 0.25) is 11.8 Å². The van der Waals surface area contributed by atoms with Crippen molar-refractivity contribution in [2.45, 2.75) is 32.4 Å². The van der Waals surface area contributed by atoms with E-state index in [0.717, 1.165) is 10.0 Å². The van der Waals surface area contributed by atoms with E-state index >= 15 is 0 Å². The van der Waals surface area contributed by atoms with Gasteiger partial charge >= 0.3 is 0 Å². The van der Waals surface area contributed by atoms with Crippen molar-refractivity contribution < 1.29 is 9.59 Å². The Morgan fingerprint density at radius 1 is 1.43 bits per heavy atom. The Bertz CT molecular complexity index is 648. The van der Waals surface area contributed by atoms with Crippen molar-refractivity contribution in [2.75, 3.05) is 18.4 Å². The van der Waals surface area contributed by atoms with E-state index in [4.69, 9.17) is 0 Å². The second-order valence-corrected chi connectivity index (χ2v) is 7.21. The van der Waals surface area contributed by atoms with E-state index in [0.29, 0.717) is 23.9 Å². The minimum Gasteiger partial charge on any atom is -0.325 e. The lowest BCUT2D eigenvalue weighted by Gasteiger charge is -2.13. The van der Waals surface area contributed by atoms with E-state index in [9.17, 15) is 9.59 Å². The number of aryl methyl sites for hydroxylation is 1. The molecule has 0 spiro atoms. The Hall–Kier alpha value is -1.34. The molecule has 0 radical (unpaired) electrons. The number of amidine groups is 1. The fourth-order valence-electron chi connectivity index (χ4n) is 2.28. The van der Waals surface area contributed by atoms with Crippen molar-refractivity contribution in [3.63, 3.8) is 0 Å². The summed E-state index contributed by atoms with van der Waals surface area (Å²) in [4.78, 5) is 30.6. The summed E-state index contributed by atoms with van der Waals surface area (Å²) in [5.41, 5.74) is 1.82. The van der Waals surface area contributed by atoms with Crippen LogP contribution >= 0.6 is 27.7 Å². The molecule has 7 heteroatoms. The maximum absolute atomic E-state index is 12.4. The molecule has 1 aromatic carbocycles. The molecule has 0 saturated carbocycles. The highest BCUT2D eigenvalue weighted by atomic mass is 79.9. The van der Waals surface area contributed by atoms with Crippen molar-refractivity contribution in [3.8, 4) is 0 Å². The summed E-state index contributed by atoms with van der Waals surface area (Å²) in [6.45, 7) is 7.03. The highest BCUT2D eigenvalue weighted by molar-refractivity contribution is 9.10. The SMILES string of the molecule is CCN=C1S[C@@H](CC(=O)Nc2ccc(C)cc2Br)C(=O)N1CC. The number of carbonyl (C=O) groups excluding carboxylic acids is 2. The highest BCUT2D eigenvalue weighted by Gasteiger charge is 2.38. The standard InChI is InChI=1S/C16H20BrN3O2S/c1-4-18-16-20(5-2)15(22)13(23-16)9-14(21)19-12-7-6-10(3)8-11(12)17/h6-8,13H,4-5,9H2,1-3H3,(H,19,21)/t13-/m0/s1. The molecule has 1 saturated heterocycles. The van der Waals surface area contributed by atoms with Gasteiger partial charge in [-0.2, -0.15) is 0 Å². The van der Waals surface area contributed by atoms with Crippen molar-refractivity contribution in [3.05, 3.63) is 28.2 Å². The molecule has 0 aromatic heterocycles. The summed E-state index contributed by atoms with van der Waals surface area (Å²) in [5.74, 6) is -0.211. The summed E-state index contributed by atoms with van der Waals surface area (Å²) in [6, 6.07) is 5.72. The van der Waals surface area contributed by atoms with E-state index in [1.807, 2.05) is 39.0 Å². The number of amides is 2. The second-order valence-electron chi connectivity index (χ2n) is 5.18. The number of rotatable bonds is 5. The third kappa shape index (κ3) is 4.35. The van der Waals surface area contributed by atoms with Gasteiger partial charge in [-0.05, 0) is 54.4 Å². The lowest BCUT2D eigenvalue weighted by Crippen LogP contribution is -2.33. The lowest BCUT2D eigenvalue weighted by molar-refractivity contribution is -0.128. The van der Waals surface area contributed by atoms with Gasteiger partial charge in [-0.25, -0.2) is 0 Å². The molecule has 1 N–H and O–H groups in total. The lowest BCUT2D eigenvalue weighted by atomic mass is 10.2. The van der Waals surface area contributed by atoms with Gasteiger partial charge in [0.25, 0.3) is 0 Å². The zero-order valence-corrected chi connectivity index (χ0v) is 15.8. The van der Waals surface area contributed by atoms with Crippen LogP contribution in [0, 0.1) is 6.92 Å². The summed E-state index contributed by atoms with van der Waals surface area (Å²) in [7, 11) is 0. The summed E-state index contributed by atoms with van der Waals surface area (Å²) >= 11 is 4.81. The van der Waals surface area contributed by atoms with E-state index in [2.05, 4.69) is 26.2 Å². The van der Waals surface area contributed by atoms with Crippen LogP contribution in [0.4, 0.5) is 5.69 Å². The van der Waals surface area contributed by atoms with Gasteiger partial charge in [0.05, 0.1) is 5.69 Å². The van der Waals surface area contributed by atoms with Gasteiger partial charge in [0.15, 0.2) is 5.17 Å². The maximum atomic E-state index is 12.4.